The maximum atomic E-state index is 2.58. The summed E-state index contributed by atoms with van der Waals surface area (Å²) in [5, 5.41) is 5.26. The van der Waals surface area contributed by atoms with Gasteiger partial charge in [0.2, 0.25) is 0 Å². The Morgan fingerprint density at radius 2 is 1.04 bits per heavy atom. The lowest BCUT2D eigenvalue weighted by Gasteiger charge is -2.43. The fourth-order valence-corrected chi connectivity index (χ4v) is 9.42. The Morgan fingerprint density at radius 1 is 0.413 bits per heavy atom. The van der Waals surface area contributed by atoms with Crippen LogP contribution in [-0.2, 0) is 0 Å². The first-order valence-corrected chi connectivity index (χ1v) is 16.7. The fraction of sp³-hybridized carbons (Fsp3) is 0. The number of fused-ring (bicyclic) bond motifs is 17. The first-order valence-electron chi connectivity index (χ1n) is 15.9. The number of nitrogens with zero attached hydrogens (tertiary/aromatic N) is 2. The molecule has 4 heterocycles. The van der Waals surface area contributed by atoms with Crippen molar-refractivity contribution in [1.82, 2.24) is 4.57 Å². The maximum absolute atomic E-state index is 2.58. The van der Waals surface area contributed by atoms with Crippen LogP contribution in [0.3, 0.4) is 0 Å². The zero-order valence-corrected chi connectivity index (χ0v) is 25.6. The van der Waals surface area contributed by atoms with Gasteiger partial charge in [0.15, 0.2) is 0 Å². The van der Waals surface area contributed by atoms with E-state index in [0.717, 1.165) is 0 Å². The van der Waals surface area contributed by atoms with Crippen molar-refractivity contribution in [3.8, 4) is 27.9 Å². The van der Waals surface area contributed by atoms with Crippen LogP contribution < -0.4 is 15.7 Å². The molecule has 2 aliphatic rings. The monoisotopic (exact) mass is 600 g/mol. The molecule has 0 saturated carbocycles. The second-order valence-corrected chi connectivity index (χ2v) is 13.6. The Balaban J connectivity index is 1.24. The van der Waals surface area contributed by atoms with Crippen molar-refractivity contribution in [2.45, 2.75) is 0 Å². The molecule has 2 aliphatic heterocycles. The average molecular weight is 601 g/mol. The summed E-state index contributed by atoms with van der Waals surface area (Å²) >= 11 is 1.92. The van der Waals surface area contributed by atoms with Crippen LogP contribution in [-0.4, -0.2) is 11.4 Å². The van der Waals surface area contributed by atoms with E-state index in [1.165, 1.54) is 92.2 Å². The Morgan fingerprint density at radius 3 is 1.87 bits per heavy atom. The molecule has 0 fully saturated rings. The molecule has 11 rings (SSSR count). The summed E-state index contributed by atoms with van der Waals surface area (Å²) < 4.78 is 5.10. The summed E-state index contributed by atoms with van der Waals surface area (Å²) in [6.07, 6.45) is 0. The van der Waals surface area contributed by atoms with Crippen molar-refractivity contribution in [3.05, 3.63) is 152 Å². The van der Waals surface area contributed by atoms with Crippen LogP contribution in [0.25, 0.3) is 69.9 Å². The minimum atomic E-state index is 0.0925. The summed E-state index contributed by atoms with van der Waals surface area (Å²) in [6, 6.07) is 56.3. The summed E-state index contributed by atoms with van der Waals surface area (Å²) in [5.41, 5.74) is 14.2. The predicted molar refractivity (Wildman–Crippen MR) is 198 cm³/mol. The molecular weight excluding hydrogens is 575 g/mol. The first-order chi connectivity index (χ1) is 22.8. The van der Waals surface area contributed by atoms with E-state index >= 15 is 0 Å². The van der Waals surface area contributed by atoms with E-state index in [9.17, 15) is 0 Å². The number of para-hydroxylation sites is 4. The van der Waals surface area contributed by atoms with Gasteiger partial charge >= 0.3 is 6.85 Å². The molecule has 0 saturated heterocycles. The Kier molecular flexibility index (Phi) is 4.83. The normalized spacial score (nSPS) is 13.1. The van der Waals surface area contributed by atoms with E-state index in [2.05, 4.69) is 161 Å². The van der Waals surface area contributed by atoms with E-state index in [-0.39, 0.29) is 6.85 Å². The molecule has 0 amide bonds. The van der Waals surface area contributed by atoms with Crippen LogP contribution in [0.2, 0.25) is 0 Å². The summed E-state index contributed by atoms with van der Waals surface area (Å²) in [7, 11) is 0. The molecule has 0 aliphatic carbocycles. The Bertz CT molecular complexity index is 2720. The predicted octanol–water partition coefficient (Wildman–Crippen LogP) is 10.1. The van der Waals surface area contributed by atoms with Crippen molar-refractivity contribution in [2.75, 3.05) is 4.81 Å². The molecule has 4 heteroatoms. The molecule has 2 aromatic heterocycles. The maximum Gasteiger partial charge on any atom is 0.329 e. The number of anilines is 2. The second kappa shape index (κ2) is 9.00. The largest absolute Gasteiger partial charge is 0.376 e. The van der Waals surface area contributed by atoms with Gasteiger partial charge in [0, 0.05) is 53.7 Å². The zero-order chi connectivity index (χ0) is 29.9. The number of hydrogen-bond acceptors (Lipinski definition) is 2. The highest BCUT2D eigenvalue weighted by Crippen LogP contribution is 2.48. The minimum absolute atomic E-state index is 0.0925. The van der Waals surface area contributed by atoms with E-state index < -0.39 is 0 Å². The SMILES string of the molecule is c1ccc(-n2c3ccccc3c3cc4sc5cc6c(cc5c4cc32)B2c3ccccc3-c3ccccc3N2c2ccccc2-6)cc1. The van der Waals surface area contributed by atoms with Gasteiger partial charge in [-0.25, -0.2) is 0 Å². The van der Waals surface area contributed by atoms with Crippen molar-refractivity contribution in [2.24, 2.45) is 0 Å². The Labute approximate surface area is 270 Å². The van der Waals surface area contributed by atoms with Gasteiger partial charge in [0.25, 0.3) is 0 Å². The lowest BCUT2D eigenvalue weighted by Crippen LogP contribution is -2.59. The third kappa shape index (κ3) is 3.16. The van der Waals surface area contributed by atoms with E-state index in [1.54, 1.807) is 0 Å². The van der Waals surface area contributed by atoms with E-state index in [4.69, 9.17) is 0 Å². The number of hydrogen-bond donors (Lipinski definition) is 0. The van der Waals surface area contributed by atoms with Crippen LogP contribution in [0.15, 0.2) is 152 Å². The summed E-state index contributed by atoms with van der Waals surface area (Å²) in [5.74, 6) is 0. The van der Waals surface area contributed by atoms with Crippen LogP contribution in [0, 0.1) is 0 Å². The molecule has 0 spiro atoms. The Hall–Kier alpha value is -5.58. The van der Waals surface area contributed by atoms with Gasteiger partial charge in [-0.05, 0) is 76.0 Å². The molecule has 0 atom stereocenters. The number of benzene rings is 7. The van der Waals surface area contributed by atoms with Crippen molar-refractivity contribution in [3.63, 3.8) is 0 Å². The quantitative estimate of drug-likeness (QED) is 0.170. The summed E-state index contributed by atoms with van der Waals surface area (Å²) in [4.78, 5) is 2.58. The summed E-state index contributed by atoms with van der Waals surface area (Å²) in [6.45, 7) is 0.0925. The van der Waals surface area contributed by atoms with Gasteiger partial charge in [-0.2, -0.15) is 0 Å². The molecule has 0 bridgehead atoms. The van der Waals surface area contributed by atoms with E-state index in [1.807, 2.05) is 11.3 Å². The van der Waals surface area contributed by atoms with Gasteiger partial charge in [-0.3, -0.25) is 0 Å². The van der Waals surface area contributed by atoms with Crippen LogP contribution >= 0.6 is 11.3 Å². The lowest BCUT2D eigenvalue weighted by molar-refractivity contribution is 1.18. The van der Waals surface area contributed by atoms with Gasteiger partial charge in [-0.15, -0.1) is 11.3 Å². The number of rotatable bonds is 1. The van der Waals surface area contributed by atoms with Crippen LogP contribution in [0.1, 0.15) is 0 Å². The highest BCUT2D eigenvalue weighted by atomic mass is 32.1. The zero-order valence-electron chi connectivity index (χ0n) is 24.8. The third-order valence-corrected chi connectivity index (χ3v) is 11.3. The highest BCUT2D eigenvalue weighted by Gasteiger charge is 2.42. The van der Waals surface area contributed by atoms with Gasteiger partial charge < -0.3 is 9.38 Å². The number of aromatic nitrogens is 1. The molecule has 7 aromatic carbocycles. The highest BCUT2D eigenvalue weighted by molar-refractivity contribution is 7.26. The van der Waals surface area contributed by atoms with Gasteiger partial charge in [-0.1, -0.05) is 103 Å². The molecule has 0 radical (unpaired) electrons. The van der Waals surface area contributed by atoms with Crippen molar-refractivity contribution in [1.29, 1.82) is 0 Å². The molecule has 0 unspecified atom stereocenters. The van der Waals surface area contributed by atoms with Crippen molar-refractivity contribution < 1.29 is 0 Å². The molecular formula is C42H25BN2S. The topological polar surface area (TPSA) is 8.17 Å². The minimum Gasteiger partial charge on any atom is -0.376 e. The fourth-order valence-electron chi connectivity index (χ4n) is 8.27. The van der Waals surface area contributed by atoms with Gasteiger partial charge in [0.1, 0.15) is 0 Å². The third-order valence-electron chi connectivity index (χ3n) is 10.2. The van der Waals surface area contributed by atoms with Gasteiger partial charge in [0.05, 0.1) is 11.0 Å². The first kappa shape index (κ1) is 24.7. The van der Waals surface area contributed by atoms with Crippen molar-refractivity contribution >= 4 is 82.5 Å². The second-order valence-electron chi connectivity index (χ2n) is 12.5. The van der Waals surface area contributed by atoms with E-state index in [0.29, 0.717) is 0 Å². The molecule has 0 N–H and O–H groups in total. The molecule has 2 nitrogen and oxygen atoms in total. The standard InChI is InChI=1S/C42H25BN2S/c1-2-12-26(13-3-1)44-37-19-9-5-17-30(37)32-25-42-34(23-40(32)44)33-22-36-31(24-41(33)46-42)29-16-7-11-21-39(29)45-38-20-10-6-15-28(38)27-14-4-8-18-35(27)43(36)45/h1-25H. The number of thiophene rings is 1. The molecule has 212 valence electrons. The molecule has 46 heavy (non-hydrogen) atoms. The van der Waals surface area contributed by atoms with Crippen LogP contribution in [0.5, 0.6) is 0 Å². The van der Waals surface area contributed by atoms with Crippen LogP contribution in [0.4, 0.5) is 11.4 Å². The smallest absolute Gasteiger partial charge is 0.329 e. The lowest BCUT2D eigenvalue weighted by atomic mass is 9.43. The average Bonchev–Trinajstić information content (AvgIpc) is 3.64. The molecule has 9 aromatic rings.